The highest BCUT2D eigenvalue weighted by Gasteiger charge is 2.32. The molecule has 5 nitrogen and oxygen atoms in total. The van der Waals surface area contributed by atoms with Crippen LogP contribution in [0.2, 0.25) is 0 Å². The highest BCUT2D eigenvalue weighted by atomic mass is 19.1. The Morgan fingerprint density at radius 3 is 2.41 bits per heavy atom. The number of halogens is 1. The van der Waals surface area contributed by atoms with Crippen LogP contribution in [0.3, 0.4) is 0 Å². The molecular formula is C26H23FN2O3. The van der Waals surface area contributed by atoms with Gasteiger partial charge in [-0.3, -0.25) is 9.69 Å². The number of carbonyl (C=O) groups excluding carboxylic acids is 1. The number of piperazine rings is 1. The van der Waals surface area contributed by atoms with Gasteiger partial charge in [0.2, 0.25) is 5.78 Å². The van der Waals surface area contributed by atoms with Crippen LogP contribution in [0.5, 0.6) is 11.5 Å². The first-order valence-electron chi connectivity index (χ1n) is 10.7. The maximum atomic E-state index is 14.0. The third kappa shape index (κ3) is 3.85. The molecule has 3 aromatic rings. The monoisotopic (exact) mass is 430 g/mol. The fourth-order valence-corrected chi connectivity index (χ4v) is 4.21. The van der Waals surface area contributed by atoms with Crippen LogP contribution < -0.4 is 9.64 Å². The van der Waals surface area contributed by atoms with Gasteiger partial charge < -0.3 is 14.7 Å². The highest BCUT2D eigenvalue weighted by Crippen LogP contribution is 2.40. The molecule has 32 heavy (non-hydrogen) atoms. The van der Waals surface area contributed by atoms with Gasteiger partial charge in [0.25, 0.3) is 0 Å². The largest absolute Gasteiger partial charge is 0.507 e. The molecule has 0 radical (unpaired) electrons. The molecule has 1 N–H and O–H groups in total. The number of rotatable bonds is 4. The van der Waals surface area contributed by atoms with Crippen molar-refractivity contribution in [1.82, 2.24) is 4.90 Å². The van der Waals surface area contributed by atoms with E-state index in [0.29, 0.717) is 23.4 Å². The Hall–Kier alpha value is -3.64. The number of ketones is 1. The average Bonchev–Trinajstić information content (AvgIpc) is 3.14. The number of Topliss-reactive ketones (excluding diaryl/α,β-unsaturated/α-hetero) is 1. The fraction of sp³-hybridized carbons (Fsp3) is 0.192. The summed E-state index contributed by atoms with van der Waals surface area (Å²) in [4.78, 5) is 17.4. The zero-order valence-electron chi connectivity index (χ0n) is 17.5. The number of nitrogens with zero attached hydrogens (tertiary/aromatic N) is 2. The van der Waals surface area contributed by atoms with Crippen molar-refractivity contribution in [2.24, 2.45) is 0 Å². The van der Waals surface area contributed by atoms with Crippen molar-refractivity contribution in [2.45, 2.75) is 6.54 Å². The summed E-state index contributed by atoms with van der Waals surface area (Å²) in [6.45, 7) is 3.86. The van der Waals surface area contributed by atoms with Crippen molar-refractivity contribution in [3.05, 3.63) is 95.0 Å². The van der Waals surface area contributed by atoms with Crippen LogP contribution in [0.15, 0.2) is 72.5 Å². The van der Waals surface area contributed by atoms with Crippen LogP contribution in [-0.4, -0.2) is 42.0 Å². The Morgan fingerprint density at radius 1 is 0.938 bits per heavy atom. The number of hydrogen-bond acceptors (Lipinski definition) is 5. The minimum absolute atomic E-state index is 0.0610. The predicted molar refractivity (Wildman–Crippen MR) is 121 cm³/mol. The molecule has 0 bridgehead atoms. The number of anilines is 1. The summed E-state index contributed by atoms with van der Waals surface area (Å²) < 4.78 is 19.9. The summed E-state index contributed by atoms with van der Waals surface area (Å²) in [7, 11) is 0. The van der Waals surface area contributed by atoms with Gasteiger partial charge in [-0.15, -0.1) is 0 Å². The van der Waals surface area contributed by atoms with Gasteiger partial charge in [0.05, 0.1) is 11.1 Å². The van der Waals surface area contributed by atoms with Gasteiger partial charge in [0.15, 0.2) is 5.76 Å². The van der Waals surface area contributed by atoms with Crippen LogP contribution in [0.1, 0.15) is 21.5 Å². The van der Waals surface area contributed by atoms with E-state index in [4.69, 9.17) is 4.74 Å². The molecule has 3 aromatic carbocycles. The van der Waals surface area contributed by atoms with Crippen molar-refractivity contribution >= 4 is 17.5 Å². The molecule has 2 aliphatic heterocycles. The molecule has 1 saturated heterocycles. The quantitative estimate of drug-likeness (QED) is 0.619. The van der Waals surface area contributed by atoms with Crippen molar-refractivity contribution < 1.29 is 19.0 Å². The van der Waals surface area contributed by atoms with E-state index in [9.17, 15) is 14.3 Å². The summed E-state index contributed by atoms with van der Waals surface area (Å²) in [5.41, 5.74) is 2.46. The Labute approximate surface area is 186 Å². The molecule has 0 unspecified atom stereocenters. The number of benzene rings is 3. The molecule has 2 heterocycles. The van der Waals surface area contributed by atoms with Crippen molar-refractivity contribution in [1.29, 1.82) is 0 Å². The highest BCUT2D eigenvalue weighted by molar-refractivity contribution is 6.15. The molecule has 2 aliphatic rings. The fourth-order valence-electron chi connectivity index (χ4n) is 4.21. The maximum Gasteiger partial charge on any atom is 0.231 e. The normalized spacial score (nSPS) is 17.5. The Balaban J connectivity index is 1.35. The summed E-state index contributed by atoms with van der Waals surface area (Å²) >= 11 is 0. The van der Waals surface area contributed by atoms with E-state index in [1.807, 2.05) is 18.2 Å². The summed E-state index contributed by atoms with van der Waals surface area (Å²) in [5.74, 6) is -0.215. The second-order valence-electron chi connectivity index (χ2n) is 8.00. The van der Waals surface area contributed by atoms with Gasteiger partial charge >= 0.3 is 0 Å². The summed E-state index contributed by atoms with van der Waals surface area (Å²) in [6.07, 6.45) is 1.41. The second-order valence-corrected chi connectivity index (χ2v) is 8.00. The lowest BCUT2D eigenvalue weighted by Gasteiger charge is -2.36. The van der Waals surface area contributed by atoms with Crippen molar-refractivity contribution in [3.63, 3.8) is 0 Å². The topological polar surface area (TPSA) is 53.0 Å². The number of hydrogen-bond donors (Lipinski definition) is 1. The molecule has 5 rings (SSSR count). The van der Waals surface area contributed by atoms with E-state index in [1.54, 1.807) is 24.3 Å². The van der Waals surface area contributed by atoms with Crippen LogP contribution in [0.25, 0.3) is 6.08 Å². The number of carbonyl (C=O) groups is 1. The maximum absolute atomic E-state index is 14.0. The van der Waals surface area contributed by atoms with Gasteiger partial charge in [0, 0.05) is 44.0 Å². The van der Waals surface area contributed by atoms with Gasteiger partial charge in [-0.2, -0.15) is 0 Å². The predicted octanol–water partition coefficient (Wildman–Crippen LogP) is 4.47. The molecule has 162 valence electrons. The van der Waals surface area contributed by atoms with E-state index in [1.165, 1.54) is 23.9 Å². The number of para-hydroxylation sites is 1. The van der Waals surface area contributed by atoms with Crippen molar-refractivity contribution in [2.75, 3.05) is 31.1 Å². The molecule has 0 atom stereocenters. The molecule has 0 spiro atoms. The standard InChI is InChI=1S/C26H23FN2O3/c27-22-9-5-4-6-18(22)16-24-25(31)20-10-11-23(30)21(26(20)32-24)17-28-12-14-29(15-13-28)19-7-2-1-3-8-19/h1-11,16,30H,12-15,17H2/b24-16-. The zero-order chi connectivity index (χ0) is 22.1. The number of allylic oxidation sites excluding steroid dienone is 1. The molecule has 0 saturated carbocycles. The second kappa shape index (κ2) is 8.48. The third-order valence-corrected chi connectivity index (χ3v) is 5.98. The smallest absolute Gasteiger partial charge is 0.231 e. The van der Waals surface area contributed by atoms with Crippen molar-refractivity contribution in [3.8, 4) is 11.5 Å². The molecule has 0 aromatic heterocycles. The Morgan fingerprint density at radius 2 is 1.66 bits per heavy atom. The van der Waals surface area contributed by atoms with Gasteiger partial charge in [-0.05, 0) is 36.4 Å². The first-order chi connectivity index (χ1) is 15.6. The lowest BCUT2D eigenvalue weighted by molar-refractivity contribution is 0.101. The minimum Gasteiger partial charge on any atom is -0.507 e. The van der Waals surface area contributed by atoms with Crippen LogP contribution in [-0.2, 0) is 6.54 Å². The Bertz CT molecular complexity index is 1180. The SMILES string of the molecule is O=C1/C(=C/c2ccccc2F)Oc2c1ccc(O)c2CN1CCN(c2ccccc2)CC1. The number of ether oxygens (including phenoxy) is 1. The molecule has 0 amide bonds. The first kappa shape index (κ1) is 20.3. The number of aromatic hydroxyl groups is 1. The van der Waals surface area contributed by atoms with Crippen LogP contribution in [0, 0.1) is 5.82 Å². The lowest BCUT2D eigenvalue weighted by atomic mass is 10.0. The molecule has 1 fully saturated rings. The summed E-state index contributed by atoms with van der Waals surface area (Å²) in [5, 5.41) is 10.5. The molecule has 0 aliphatic carbocycles. The number of fused-ring (bicyclic) bond motifs is 1. The van der Waals surface area contributed by atoms with Gasteiger partial charge in [0.1, 0.15) is 17.3 Å². The van der Waals surface area contributed by atoms with E-state index in [-0.39, 0.29) is 22.9 Å². The average molecular weight is 430 g/mol. The van der Waals surface area contributed by atoms with E-state index < -0.39 is 5.82 Å². The number of phenols is 1. The van der Waals surface area contributed by atoms with Crippen LogP contribution in [0.4, 0.5) is 10.1 Å². The molecular weight excluding hydrogens is 407 g/mol. The number of phenolic OH excluding ortho intramolecular Hbond substituents is 1. The summed E-state index contributed by atoms with van der Waals surface area (Å²) in [6, 6.07) is 19.6. The van der Waals surface area contributed by atoms with Gasteiger partial charge in [-0.25, -0.2) is 4.39 Å². The van der Waals surface area contributed by atoms with E-state index >= 15 is 0 Å². The minimum atomic E-state index is -0.424. The lowest BCUT2D eigenvalue weighted by Crippen LogP contribution is -2.46. The third-order valence-electron chi connectivity index (χ3n) is 5.98. The molecule has 6 heteroatoms. The van der Waals surface area contributed by atoms with Gasteiger partial charge in [-0.1, -0.05) is 36.4 Å². The van der Waals surface area contributed by atoms with E-state index in [0.717, 1.165) is 26.2 Å². The Kier molecular flexibility index (Phi) is 5.37. The zero-order valence-corrected chi connectivity index (χ0v) is 17.5. The van der Waals surface area contributed by atoms with Crippen LogP contribution >= 0.6 is 0 Å². The van der Waals surface area contributed by atoms with E-state index in [2.05, 4.69) is 21.9 Å². The first-order valence-corrected chi connectivity index (χ1v) is 10.7.